The molecule has 0 spiro atoms. The van der Waals surface area contributed by atoms with Crippen LogP contribution in [0.4, 0.5) is 0 Å². The van der Waals surface area contributed by atoms with Crippen molar-refractivity contribution in [3.8, 4) is 5.75 Å². The maximum atomic E-state index is 11.9. The summed E-state index contributed by atoms with van der Waals surface area (Å²) >= 11 is 3.33. The lowest BCUT2D eigenvalue weighted by Crippen LogP contribution is -2.15. The Morgan fingerprint density at radius 1 is 1.32 bits per heavy atom. The minimum atomic E-state index is 0.0217. The fourth-order valence-corrected chi connectivity index (χ4v) is 3.99. The number of aromatic nitrogens is 2. The van der Waals surface area contributed by atoms with E-state index in [1.54, 1.807) is 23.5 Å². The molecule has 2 aromatic rings. The van der Waals surface area contributed by atoms with Gasteiger partial charge in [-0.1, -0.05) is 29.5 Å². The molecule has 1 aromatic heterocycles. The van der Waals surface area contributed by atoms with Crippen LogP contribution in [0.25, 0.3) is 0 Å². The first-order valence-electron chi connectivity index (χ1n) is 7.24. The number of hydrogen-bond acceptors (Lipinski definition) is 5. The molecule has 0 fully saturated rings. The maximum Gasteiger partial charge on any atom is 0.255 e. The van der Waals surface area contributed by atoms with E-state index in [-0.39, 0.29) is 5.56 Å². The van der Waals surface area contributed by atoms with Gasteiger partial charge in [0.2, 0.25) is 0 Å². The Labute approximate surface area is 138 Å². The molecule has 1 aliphatic rings. The zero-order chi connectivity index (χ0) is 15.4. The van der Waals surface area contributed by atoms with E-state index in [4.69, 9.17) is 4.74 Å². The summed E-state index contributed by atoms with van der Waals surface area (Å²) in [7, 11) is 0. The van der Waals surface area contributed by atoms with E-state index in [9.17, 15) is 4.79 Å². The molecule has 2 heterocycles. The summed E-state index contributed by atoms with van der Waals surface area (Å²) in [5, 5.41) is 0.724. The monoisotopic (exact) mass is 334 g/mol. The predicted octanol–water partition coefficient (Wildman–Crippen LogP) is 3.39. The average Bonchev–Trinajstić information content (AvgIpc) is 2.98. The van der Waals surface area contributed by atoms with Crippen LogP contribution in [0.15, 0.2) is 34.2 Å². The van der Waals surface area contributed by atoms with Gasteiger partial charge in [0.1, 0.15) is 5.75 Å². The molecule has 3 rings (SSSR count). The van der Waals surface area contributed by atoms with Crippen molar-refractivity contribution in [2.75, 3.05) is 12.4 Å². The van der Waals surface area contributed by atoms with Gasteiger partial charge in [-0.05, 0) is 25.5 Å². The minimum absolute atomic E-state index is 0.0217. The van der Waals surface area contributed by atoms with E-state index >= 15 is 0 Å². The molecule has 0 atom stereocenters. The van der Waals surface area contributed by atoms with Gasteiger partial charge in [-0.15, -0.1) is 0 Å². The first kappa shape index (κ1) is 15.5. The van der Waals surface area contributed by atoms with Crippen molar-refractivity contribution in [3.63, 3.8) is 0 Å². The Bertz CT molecular complexity index is 698. The number of aryl methyl sites for hydroxylation is 1. The second kappa shape index (κ2) is 7.24. The number of thioether (sulfide) groups is 2. The van der Waals surface area contributed by atoms with Crippen molar-refractivity contribution >= 4 is 23.5 Å². The summed E-state index contributed by atoms with van der Waals surface area (Å²) in [5.74, 6) is 3.41. The van der Waals surface area contributed by atoms with Crippen LogP contribution in [0.3, 0.4) is 0 Å². The number of rotatable bonds is 6. The molecule has 0 amide bonds. The van der Waals surface area contributed by atoms with Crippen molar-refractivity contribution in [1.82, 2.24) is 9.97 Å². The number of nitrogens with one attached hydrogen (secondary N) is 1. The Hall–Kier alpha value is -1.40. The standard InChI is InChI=1S/C16H18N2O2S2/c1-11-3-5-12(6-4-11)20-7-2-8-22-16-17-14-10-21-9-13(14)15(19)18-16/h3-6H,2,7-10H2,1H3,(H,17,18,19). The summed E-state index contributed by atoms with van der Waals surface area (Å²) in [6.45, 7) is 2.73. The van der Waals surface area contributed by atoms with Gasteiger partial charge < -0.3 is 9.72 Å². The van der Waals surface area contributed by atoms with E-state index in [1.165, 1.54) is 5.56 Å². The fourth-order valence-electron chi connectivity index (χ4n) is 2.16. The molecule has 0 aliphatic carbocycles. The van der Waals surface area contributed by atoms with Crippen molar-refractivity contribution in [2.45, 2.75) is 30.0 Å². The van der Waals surface area contributed by atoms with E-state index in [0.29, 0.717) is 6.61 Å². The van der Waals surface area contributed by atoms with E-state index in [0.717, 1.165) is 45.8 Å². The molecule has 0 unspecified atom stereocenters. The number of fused-ring (bicyclic) bond motifs is 1. The largest absolute Gasteiger partial charge is 0.494 e. The number of aromatic amines is 1. The topological polar surface area (TPSA) is 55.0 Å². The van der Waals surface area contributed by atoms with Crippen LogP contribution < -0.4 is 10.3 Å². The van der Waals surface area contributed by atoms with E-state index in [2.05, 4.69) is 16.9 Å². The lowest BCUT2D eigenvalue weighted by atomic mass is 10.2. The molecule has 0 saturated carbocycles. The third-order valence-electron chi connectivity index (χ3n) is 3.38. The molecule has 22 heavy (non-hydrogen) atoms. The molecule has 0 bridgehead atoms. The lowest BCUT2D eigenvalue weighted by Gasteiger charge is -2.06. The van der Waals surface area contributed by atoms with Gasteiger partial charge in [-0.3, -0.25) is 4.79 Å². The van der Waals surface area contributed by atoms with Crippen molar-refractivity contribution < 1.29 is 4.74 Å². The summed E-state index contributed by atoms with van der Waals surface area (Å²) in [4.78, 5) is 19.3. The van der Waals surface area contributed by atoms with Gasteiger partial charge in [0.15, 0.2) is 5.16 Å². The maximum absolute atomic E-state index is 11.9. The van der Waals surface area contributed by atoms with Gasteiger partial charge in [-0.2, -0.15) is 11.8 Å². The van der Waals surface area contributed by atoms with Crippen LogP contribution in [-0.2, 0) is 11.5 Å². The average molecular weight is 334 g/mol. The van der Waals surface area contributed by atoms with E-state index < -0.39 is 0 Å². The molecule has 116 valence electrons. The molecule has 4 nitrogen and oxygen atoms in total. The molecule has 1 N–H and O–H groups in total. The molecular formula is C16H18N2O2S2. The third-order valence-corrected chi connectivity index (χ3v) is 5.31. The van der Waals surface area contributed by atoms with Gasteiger partial charge >= 0.3 is 0 Å². The first-order valence-corrected chi connectivity index (χ1v) is 9.38. The van der Waals surface area contributed by atoms with Crippen LogP contribution in [0.1, 0.15) is 23.2 Å². The Kier molecular flexibility index (Phi) is 5.10. The number of hydrogen-bond donors (Lipinski definition) is 1. The zero-order valence-corrected chi connectivity index (χ0v) is 14.1. The molecule has 1 aliphatic heterocycles. The Morgan fingerprint density at radius 2 is 2.14 bits per heavy atom. The van der Waals surface area contributed by atoms with Crippen LogP contribution in [0.2, 0.25) is 0 Å². The molecule has 0 saturated heterocycles. The first-order chi connectivity index (χ1) is 10.7. The zero-order valence-electron chi connectivity index (χ0n) is 12.4. The van der Waals surface area contributed by atoms with Crippen LogP contribution >= 0.6 is 23.5 Å². The quantitative estimate of drug-likeness (QED) is 0.498. The summed E-state index contributed by atoms with van der Waals surface area (Å²) < 4.78 is 5.69. The highest BCUT2D eigenvalue weighted by molar-refractivity contribution is 7.99. The molecular weight excluding hydrogens is 316 g/mol. The van der Waals surface area contributed by atoms with Gasteiger partial charge in [0.05, 0.1) is 12.3 Å². The second-order valence-electron chi connectivity index (χ2n) is 5.15. The van der Waals surface area contributed by atoms with Gasteiger partial charge in [0, 0.05) is 22.8 Å². The summed E-state index contributed by atoms with van der Waals surface area (Å²) in [5.41, 5.74) is 3.05. The Balaban J connectivity index is 1.45. The van der Waals surface area contributed by atoms with Gasteiger partial charge in [-0.25, -0.2) is 4.98 Å². The highest BCUT2D eigenvalue weighted by Gasteiger charge is 2.17. The van der Waals surface area contributed by atoms with Gasteiger partial charge in [0.25, 0.3) is 5.56 Å². The number of ether oxygens (including phenoxy) is 1. The predicted molar refractivity (Wildman–Crippen MR) is 91.9 cm³/mol. The number of nitrogens with zero attached hydrogens (tertiary/aromatic N) is 1. The number of H-pyrrole nitrogens is 1. The van der Waals surface area contributed by atoms with E-state index in [1.807, 2.05) is 24.3 Å². The minimum Gasteiger partial charge on any atom is -0.494 e. The highest BCUT2D eigenvalue weighted by atomic mass is 32.2. The van der Waals surface area contributed by atoms with Crippen molar-refractivity contribution in [2.24, 2.45) is 0 Å². The SMILES string of the molecule is Cc1ccc(OCCCSc2nc3c(c(=O)[nH]2)CSC3)cc1. The smallest absolute Gasteiger partial charge is 0.255 e. The van der Waals surface area contributed by atoms with Crippen LogP contribution in [0.5, 0.6) is 5.75 Å². The fraction of sp³-hybridized carbons (Fsp3) is 0.375. The van der Waals surface area contributed by atoms with Crippen molar-refractivity contribution in [1.29, 1.82) is 0 Å². The second-order valence-corrected chi connectivity index (χ2v) is 7.22. The third kappa shape index (κ3) is 3.87. The lowest BCUT2D eigenvalue weighted by molar-refractivity contribution is 0.318. The van der Waals surface area contributed by atoms with Crippen LogP contribution in [-0.4, -0.2) is 22.3 Å². The Morgan fingerprint density at radius 3 is 2.95 bits per heavy atom. The summed E-state index contributed by atoms with van der Waals surface area (Å²) in [6.07, 6.45) is 0.911. The van der Waals surface area contributed by atoms with Crippen molar-refractivity contribution in [3.05, 3.63) is 51.4 Å². The summed E-state index contributed by atoms with van der Waals surface area (Å²) in [6, 6.07) is 8.06. The number of benzene rings is 1. The molecule has 6 heteroatoms. The molecule has 1 aromatic carbocycles. The normalized spacial score (nSPS) is 13.1. The van der Waals surface area contributed by atoms with Crippen LogP contribution in [0, 0.1) is 6.92 Å². The molecule has 0 radical (unpaired) electrons. The highest BCUT2D eigenvalue weighted by Crippen LogP contribution is 2.26.